The van der Waals surface area contributed by atoms with E-state index in [4.69, 9.17) is 5.26 Å². The molecule has 0 rings (SSSR count). The number of primary amides is 1. The predicted octanol–water partition coefficient (Wildman–Crippen LogP) is 0.417. The molecule has 2 N–H and O–H groups in total. The fourth-order valence-electron chi connectivity index (χ4n) is 0.197. The van der Waals surface area contributed by atoms with Gasteiger partial charge in [0.2, 0.25) is 0 Å². The second-order valence-electron chi connectivity index (χ2n) is 1.08. The molecule has 9 heavy (non-hydrogen) atoms. The van der Waals surface area contributed by atoms with Crippen molar-refractivity contribution < 1.29 is 9.53 Å². The summed E-state index contributed by atoms with van der Waals surface area (Å²) in [5.41, 5.74) is 4.56. The molecule has 0 heterocycles. The lowest BCUT2D eigenvalue weighted by atomic mass is 10.5. The highest BCUT2D eigenvalue weighted by Crippen LogP contribution is 1.77. The zero-order valence-corrected chi connectivity index (χ0v) is 5.48. The van der Waals surface area contributed by atoms with Crippen molar-refractivity contribution in [1.29, 1.82) is 5.26 Å². The van der Waals surface area contributed by atoms with E-state index in [1.807, 2.05) is 0 Å². The highest BCUT2D eigenvalue weighted by molar-refractivity contribution is 5.85. The van der Waals surface area contributed by atoms with Gasteiger partial charge in [0.1, 0.15) is 6.61 Å². The summed E-state index contributed by atoms with van der Waals surface area (Å²) in [4.78, 5) is 9.76. The number of rotatable bonds is 2. The van der Waals surface area contributed by atoms with Crippen molar-refractivity contribution in [2.24, 2.45) is 5.73 Å². The van der Waals surface area contributed by atoms with E-state index in [1.54, 1.807) is 6.07 Å². The third-order valence-corrected chi connectivity index (χ3v) is 0.458. The van der Waals surface area contributed by atoms with Crippen LogP contribution in [0.15, 0.2) is 0 Å². The van der Waals surface area contributed by atoms with Crippen LogP contribution in [0.3, 0.4) is 0 Å². The number of carbonyl (C=O) groups excluding carboxylic acids is 1. The van der Waals surface area contributed by atoms with Crippen LogP contribution in [-0.2, 0) is 4.74 Å². The van der Waals surface area contributed by atoms with Gasteiger partial charge < -0.3 is 10.5 Å². The van der Waals surface area contributed by atoms with E-state index in [0.717, 1.165) is 0 Å². The van der Waals surface area contributed by atoms with Gasteiger partial charge in [-0.15, -0.1) is 12.4 Å². The summed E-state index contributed by atoms with van der Waals surface area (Å²) in [6.45, 7) is 0.0891. The van der Waals surface area contributed by atoms with Crippen molar-refractivity contribution in [2.75, 3.05) is 6.61 Å². The highest BCUT2D eigenvalue weighted by Gasteiger charge is 1.88. The van der Waals surface area contributed by atoms with Crippen LogP contribution in [0.2, 0.25) is 0 Å². The molecule has 52 valence electrons. The van der Waals surface area contributed by atoms with E-state index in [2.05, 4.69) is 10.5 Å². The van der Waals surface area contributed by atoms with Crippen molar-refractivity contribution in [1.82, 2.24) is 0 Å². The molecule has 0 aromatic carbocycles. The molecule has 0 unspecified atom stereocenters. The number of nitriles is 1. The first kappa shape index (κ1) is 10.9. The second kappa shape index (κ2) is 7.05. The Morgan fingerprint density at radius 2 is 2.33 bits per heavy atom. The highest BCUT2D eigenvalue weighted by atomic mass is 35.5. The Morgan fingerprint density at radius 1 is 1.78 bits per heavy atom. The average Bonchev–Trinajstić information content (AvgIpc) is 1.66. The number of halogens is 1. The first-order valence-electron chi connectivity index (χ1n) is 2.06. The van der Waals surface area contributed by atoms with E-state index < -0.39 is 6.09 Å². The predicted molar refractivity (Wildman–Crippen MR) is 33.0 cm³/mol. The molecule has 0 saturated heterocycles. The van der Waals surface area contributed by atoms with Crippen LogP contribution in [0.25, 0.3) is 0 Å². The van der Waals surface area contributed by atoms with Crippen molar-refractivity contribution in [3.8, 4) is 6.07 Å². The van der Waals surface area contributed by atoms with Gasteiger partial charge in [-0.2, -0.15) is 5.26 Å². The summed E-state index contributed by atoms with van der Waals surface area (Å²) in [5.74, 6) is 0. The van der Waals surface area contributed by atoms with Crippen LogP contribution in [0.1, 0.15) is 6.42 Å². The van der Waals surface area contributed by atoms with Crippen LogP contribution < -0.4 is 5.73 Å². The largest absolute Gasteiger partial charge is 0.449 e. The van der Waals surface area contributed by atoms with Gasteiger partial charge in [-0.25, -0.2) is 4.79 Å². The maximum Gasteiger partial charge on any atom is 0.404 e. The maximum absolute atomic E-state index is 9.76. The fourth-order valence-corrected chi connectivity index (χ4v) is 0.197. The summed E-state index contributed by atoms with van der Waals surface area (Å²) in [6.07, 6.45) is -0.636. The molecule has 0 aromatic heterocycles. The van der Waals surface area contributed by atoms with Crippen molar-refractivity contribution in [3.05, 3.63) is 0 Å². The zero-order valence-electron chi connectivity index (χ0n) is 4.66. The second-order valence-corrected chi connectivity index (χ2v) is 1.08. The molecule has 0 spiro atoms. The molecule has 4 nitrogen and oxygen atoms in total. The molecule has 0 aromatic rings. The Hall–Kier alpha value is -0.950. The van der Waals surface area contributed by atoms with E-state index in [0.29, 0.717) is 0 Å². The topological polar surface area (TPSA) is 76.1 Å². The molecule has 0 atom stereocenters. The first-order chi connectivity index (χ1) is 3.77. The zero-order chi connectivity index (χ0) is 6.41. The molecule has 0 bridgehead atoms. The van der Waals surface area contributed by atoms with Crippen molar-refractivity contribution >= 4 is 18.5 Å². The van der Waals surface area contributed by atoms with Gasteiger partial charge in [-0.1, -0.05) is 0 Å². The quantitative estimate of drug-likeness (QED) is 0.580. The molecule has 0 saturated carbocycles. The number of nitrogens with zero attached hydrogens (tertiary/aromatic N) is 1. The SMILES string of the molecule is Cl.N#CCCOC(N)=O. The van der Waals surface area contributed by atoms with E-state index >= 15 is 0 Å². The van der Waals surface area contributed by atoms with E-state index in [1.165, 1.54) is 0 Å². The van der Waals surface area contributed by atoms with Crippen LogP contribution in [0, 0.1) is 11.3 Å². The number of hydrogen-bond acceptors (Lipinski definition) is 3. The number of amides is 1. The minimum absolute atomic E-state index is 0. The van der Waals surface area contributed by atoms with Gasteiger partial charge in [0.25, 0.3) is 0 Å². The molecular weight excluding hydrogens is 144 g/mol. The van der Waals surface area contributed by atoms with Crippen LogP contribution in [0.5, 0.6) is 0 Å². The lowest BCUT2D eigenvalue weighted by Gasteiger charge is -1.92. The van der Waals surface area contributed by atoms with Gasteiger partial charge in [0, 0.05) is 0 Å². The van der Waals surface area contributed by atoms with E-state index in [9.17, 15) is 4.79 Å². The number of carbonyl (C=O) groups is 1. The third kappa shape index (κ3) is 11.0. The van der Waals surface area contributed by atoms with Gasteiger partial charge >= 0.3 is 6.09 Å². The Kier molecular flexibility index (Phi) is 8.56. The average molecular weight is 151 g/mol. The van der Waals surface area contributed by atoms with Gasteiger partial charge in [0.05, 0.1) is 12.5 Å². The lowest BCUT2D eigenvalue weighted by Crippen LogP contribution is -2.13. The fraction of sp³-hybridized carbons (Fsp3) is 0.500. The maximum atomic E-state index is 9.76. The number of nitrogens with two attached hydrogens (primary N) is 1. The summed E-state index contributed by atoms with van der Waals surface area (Å²) >= 11 is 0. The molecule has 5 heteroatoms. The molecule has 0 aliphatic rings. The normalized spacial score (nSPS) is 6.56. The first-order valence-corrected chi connectivity index (χ1v) is 2.06. The minimum Gasteiger partial charge on any atom is -0.449 e. The third-order valence-electron chi connectivity index (χ3n) is 0.458. The van der Waals surface area contributed by atoms with Gasteiger partial charge in [-0.3, -0.25) is 0 Å². The molecule has 0 fully saturated rings. The molecule has 0 aliphatic heterocycles. The minimum atomic E-state index is -0.833. The smallest absolute Gasteiger partial charge is 0.404 e. The van der Waals surface area contributed by atoms with Crippen LogP contribution in [-0.4, -0.2) is 12.7 Å². The number of ether oxygens (including phenoxy) is 1. The van der Waals surface area contributed by atoms with Crippen molar-refractivity contribution in [2.45, 2.75) is 6.42 Å². The molecule has 0 radical (unpaired) electrons. The molecule has 0 aliphatic carbocycles. The Bertz CT molecular complexity index is 120. The van der Waals surface area contributed by atoms with Crippen LogP contribution in [0.4, 0.5) is 4.79 Å². The summed E-state index contributed by atoms with van der Waals surface area (Å²) in [5, 5.41) is 7.90. The molecular formula is C4H7ClN2O2. The monoisotopic (exact) mass is 150 g/mol. The Balaban J connectivity index is 0. The Morgan fingerprint density at radius 3 is 2.67 bits per heavy atom. The molecule has 1 amide bonds. The van der Waals surface area contributed by atoms with Gasteiger partial charge in [0.15, 0.2) is 0 Å². The standard InChI is InChI=1S/C4H6N2O2.ClH/c5-2-1-3-8-4(6)7;/h1,3H2,(H2,6,7);1H. The summed E-state index contributed by atoms with van der Waals surface area (Å²) in [7, 11) is 0. The number of hydrogen-bond donors (Lipinski definition) is 1. The van der Waals surface area contributed by atoms with Crippen LogP contribution >= 0.6 is 12.4 Å². The summed E-state index contributed by atoms with van der Waals surface area (Å²) < 4.78 is 4.20. The van der Waals surface area contributed by atoms with E-state index in [-0.39, 0.29) is 25.4 Å². The summed E-state index contributed by atoms with van der Waals surface area (Å²) in [6, 6.07) is 1.79. The van der Waals surface area contributed by atoms with Crippen molar-refractivity contribution in [3.63, 3.8) is 0 Å². The lowest BCUT2D eigenvalue weighted by molar-refractivity contribution is 0.159. The van der Waals surface area contributed by atoms with Gasteiger partial charge in [-0.05, 0) is 0 Å². The Labute approximate surface area is 59.0 Å².